The van der Waals surface area contributed by atoms with E-state index in [0.29, 0.717) is 17.9 Å². The van der Waals surface area contributed by atoms with Crippen LogP contribution in [0.5, 0.6) is 5.75 Å². The highest BCUT2D eigenvalue weighted by molar-refractivity contribution is 5.95. The van der Waals surface area contributed by atoms with Crippen LogP contribution in [0.25, 0.3) is 0 Å². The summed E-state index contributed by atoms with van der Waals surface area (Å²) in [6.07, 6.45) is 1.97. The van der Waals surface area contributed by atoms with Crippen LogP contribution in [0.1, 0.15) is 29.9 Å². The molecule has 6 N–H and O–H groups in total. The average Bonchev–Trinajstić information content (AvgIpc) is 2.46. The second kappa shape index (κ2) is 5.81. The molecule has 1 unspecified atom stereocenters. The molecule has 0 bridgehead atoms. The molecule has 2 rings (SSSR count). The number of likely N-dealkylation sites (tertiary alicyclic amines) is 1. The van der Waals surface area contributed by atoms with Crippen molar-refractivity contribution in [3.63, 3.8) is 0 Å². The standard InChI is InChI=1S/C14H20N5O/c1-20-12-5-4-9(13(15)16)7-11(12)10-3-2-6-19(8-10)14(17)18/h4,7,10H,2-3,6,8H2,1H3,(H3,15,16)(H3,17,18). The number of methoxy groups -OCH3 is 1. The van der Waals surface area contributed by atoms with Gasteiger partial charge in [0, 0.05) is 36.2 Å². The Balaban J connectivity index is 2.32. The third-order valence-electron chi connectivity index (χ3n) is 3.65. The van der Waals surface area contributed by atoms with E-state index in [2.05, 4.69) is 6.07 Å². The molecule has 1 heterocycles. The molecule has 1 aliphatic heterocycles. The molecule has 1 aromatic rings. The number of ether oxygens (including phenoxy) is 1. The van der Waals surface area contributed by atoms with Gasteiger partial charge >= 0.3 is 0 Å². The first-order chi connectivity index (χ1) is 9.52. The Bertz CT molecular complexity index is 528. The van der Waals surface area contributed by atoms with E-state index < -0.39 is 0 Å². The van der Waals surface area contributed by atoms with E-state index in [-0.39, 0.29) is 17.7 Å². The van der Waals surface area contributed by atoms with E-state index in [9.17, 15) is 0 Å². The van der Waals surface area contributed by atoms with Crippen LogP contribution in [0.15, 0.2) is 12.1 Å². The van der Waals surface area contributed by atoms with Crippen LogP contribution >= 0.6 is 0 Å². The van der Waals surface area contributed by atoms with Crippen molar-refractivity contribution in [2.75, 3.05) is 20.2 Å². The lowest BCUT2D eigenvalue weighted by Gasteiger charge is -2.33. The van der Waals surface area contributed by atoms with Gasteiger partial charge in [-0.3, -0.25) is 10.8 Å². The molecule has 20 heavy (non-hydrogen) atoms. The minimum absolute atomic E-state index is 0.0180. The van der Waals surface area contributed by atoms with Crippen LogP contribution < -0.4 is 16.2 Å². The molecule has 0 amide bonds. The fourth-order valence-electron chi connectivity index (χ4n) is 2.59. The summed E-state index contributed by atoms with van der Waals surface area (Å²) >= 11 is 0. The molecule has 0 aromatic heterocycles. The summed E-state index contributed by atoms with van der Waals surface area (Å²) in [5, 5.41) is 15.1. The topological polar surface area (TPSA) is 112 Å². The first-order valence-electron chi connectivity index (χ1n) is 6.56. The van der Waals surface area contributed by atoms with Crippen molar-refractivity contribution >= 4 is 11.8 Å². The number of nitrogen functional groups attached to an aromatic ring is 1. The second-order valence-corrected chi connectivity index (χ2v) is 4.96. The Labute approximate surface area is 118 Å². The van der Waals surface area contributed by atoms with Gasteiger partial charge in [0.05, 0.1) is 7.11 Å². The van der Waals surface area contributed by atoms with Gasteiger partial charge in [-0.2, -0.15) is 0 Å². The number of amidine groups is 1. The van der Waals surface area contributed by atoms with E-state index in [1.165, 1.54) is 0 Å². The Morgan fingerprint density at radius 1 is 1.45 bits per heavy atom. The lowest BCUT2D eigenvalue weighted by atomic mass is 9.89. The molecule has 6 nitrogen and oxygen atoms in total. The molecule has 6 heteroatoms. The minimum atomic E-state index is 0.0180. The van der Waals surface area contributed by atoms with Crippen LogP contribution in [0.4, 0.5) is 0 Å². The Morgan fingerprint density at radius 2 is 2.20 bits per heavy atom. The predicted molar refractivity (Wildman–Crippen MR) is 78.3 cm³/mol. The molecular formula is C14H20N5O. The lowest BCUT2D eigenvalue weighted by Crippen LogP contribution is -2.42. The van der Waals surface area contributed by atoms with Gasteiger partial charge in [-0.25, -0.2) is 0 Å². The predicted octanol–water partition coefficient (Wildman–Crippen LogP) is 0.852. The molecule has 1 saturated heterocycles. The van der Waals surface area contributed by atoms with Gasteiger partial charge in [-0.1, -0.05) is 0 Å². The molecule has 0 aliphatic carbocycles. The van der Waals surface area contributed by atoms with Gasteiger partial charge in [-0.05, 0) is 25.0 Å². The van der Waals surface area contributed by atoms with Gasteiger partial charge in [0.25, 0.3) is 0 Å². The Kier molecular flexibility index (Phi) is 4.12. The van der Waals surface area contributed by atoms with Gasteiger partial charge in [-0.15, -0.1) is 0 Å². The maximum atomic E-state index is 7.56. The summed E-state index contributed by atoms with van der Waals surface area (Å²) < 4.78 is 5.36. The smallest absolute Gasteiger partial charge is 0.188 e. The molecule has 1 aromatic carbocycles. The van der Waals surface area contributed by atoms with Gasteiger partial charge in [0.15, 0.2) is 5.96 Å². The first-order valence-corrected chi connectivity index (χ1v) is 6.56. The highest BCUT2D eigenvalue weighted by Gasteiger charge is 2.25. The van der Waals surface area contributed by atoms with Gasteiger partial charge < -0.3 is 21.1 Å². The lowest BCUT2D eigenvalue weighted by molar-refractivity contribution is 0.298. The van der Waals surface area contributed by atoms with Crippen LogP contribution in [0, 0.1) is 16.9 Å². The van der Waals surface area contributed by atoms with Crippen LogP contribution in [-0.2, 0) is 0 Å². The SMILES string of the molecule is COc1[c]cc(C(=N)N)cc1C1CCCN(C(=N)N)C1. The maximum Gasteiger partial charge on any atom is 0.188 e. The minimum Gasteiger partial charge on any atom is -0.496 e. The number of nitrogens with two attached hydrogens (primary N) is 2. The normalized spacial score (nSPS) is 18.6. The molecule has 0 spiro atoms. The van der Waals surface area contributed by atoms with Crippen molar-refractivity contribution in [1.82, 2.24) is 4.90 Å². The zero-order valence-electron chi connectivity index (χ0n) is 11.6. The zero-order valence-corrected chi connectivity index (χ0v) is 11.6. The summed E-state index contributed by atoms with van der Waals surface area (Å²) in [5.74, 6) is 0.994. The second-order valence-electron chi connectivity index (χ2n) is 4.96. The summed E-state index contributed by atoms with van der Waals surface area (Å²) in [6.45, 7) is 1.49. The zero-order chi connectivity index (χ0) is 14.7. The number of benzene rings is 1. The number of hydrogen-bond donors (Lipinski definition) is 4. The van der Waals surface area contributed by atoms with Crippen molar-refractivity contribution in [2.45, 2.75) is 18.8 Å². The summed E-state index contributed by atoms with van der Waals surface area (Å²) in [7, 11) is 1.61. The quantitative estimate of drug-likeness (QED) is 0.483. The monoisotopic (exact) mass is 274 g/mol. The molecule has 107 valence electrons. The highest BCUT2D eigenvalue weighted by Crippen LogP contribution is 2.33. The van der Waals surface area contributed by atoms with Crippen molar-refractivity contribution in [1.29, 1.82) is 10.8 Å². The Morgan fingerprint density at radius 3 is 2.80 bits per heavy atom. The molecular weight excluding hydrogens is 254 g/mol. The summed E-state index contributed by atoms with van der Waals surface area (Å²) in [5.41, 5.74) is 12.7. The van der Waals surface area contributed by atoms with Crippen molar-refractivity contribution < 1.29 is 4.74 Å². The highest BCUT2D eigenvalue weighted by atomic mass is 16.5. The molecule has 1 radical (unpaired) electrons. The molecule has 1 fully saturated rings. The van der Waals surface area contributed by atoms with Gasteiger partial charge in [0.1, 0.15) is 11.6 Å². The van der Waals surface area contributed by atoms with E-state index in [4.69, 9.17) is 27.0 Å². The van der Waals surface area contributed by atoms with Crippen LogP contribution in [0.3, 0.4) is 0 Å². The number of piperidine rings is 1. The molecule has 0 saturated carbocycles. The number of hydrogen-bond acceptors (Lipinski definition) is 3. The van der Waals surface area contributed by atoms with Crippen molar-refractivity contribution in [3.05, 3.63) is 29.3 Å². The molecule has 1 aliphatic rings. The van der Waals surface area contributed by atoms with E-state index >= 15 is 0 Å². The van der Waals surface area contributed by atoms with Gasteiger partial charge in [0.2, 0.25) is 0 Å². The van der Waals surface area contributed by atoms with E-state index in [1.54, 1.807) is 13.2 Å². The van der Waals surface area contributed by atoms with Crippen LogP contribution in [-0.4, -0.2) is 36.9 Å². The third kappa shape index (κ3) is 2.84. The summed E-state index contributed by atoms with van der Waals surface area (Å²) in [4.78, 5) is 1.86. The fourth-order valence-corrected chi connectivity index (χ4v) is 2.59. The maximum absolute atomic E-state index is 7.56. The number of rotatable bonds is 3. The number of guanidine groups is 1. The number of nitrogens with zero attached hydrogens (tertiary/aromatic N) is 1. The molecule has 1 atom stereocenters. The van der Waals surface area contributed by atoms with Crippen molar-refractivity contribution in [2.24, 2.45) is 11.5 Å². The third-order valence-corrected chi connectivity index (χ3v) is 3.65. The van der Waals surface area contributed by atoms with E-state index in [0.717, 1.165) is 24.9 Å². The summed E-state index contributed by atoms with van der Waals surface area (Å²) in [6, 6.07) is 6.58. The van der Waals surface area contributed by atoms with Crippen LogP contribution in [0.2, 0.25) is 0 Å². The first kappa shape index (κ1) is 14.2. The van der Waals surface area contributed by atoms with Crippen molar-refractivity contribution in [3.8, 4) is 5.75 Å². The average molecular weight is 274 g/mol. The fraction of sp³-hybridized carbons (Fsp3) is 0.429. The number of nitrogens with one attached hydrogen (secondary N) is 2. The Hall–Kier alpha value is -2.24. The largest absolute Gasteiger partial charge is 0.496 e. The van der Waals surface area contributed by atoms with E-state index in [1.807, 2.05) is 11.0 Å².